The van der Waals surface area contributed by atoms with Crippen LogP contribution in [0.2, 0.25) is 0 Å². The minimum absolute atomic E-state index is 0.0139. The van der Waals surface area contributed by atoms with Gasteiger partial charge in [-0.3, -0.25) is 0 Å². The predicted octanol–water partition coefficient (Wildman–Crippen LogP) is 1.33. The minimum Gasteiger partial charge on any atom is -0.353 e. The second kappa shape index (κ2) is 3.64. The van der Waals surface area contributed by atoms with Crippen molar-refractivity contribution in [2.24, 2.45) is 0 Å². The molecule has 1 unspecified atom stereocenters. The lowest BCUT2D eigenvalue weighted by Crippen LogP contribution is -2.18. The zero-order valence-electron chi connectivity index (χ0n) is 5.67. The molecule has 1 rings (SSSR count). The molecule has 1 aliphatic heterocycles. The molecule has 52 valence electrons. The van der Waals surface area contributed by atoms with Crippen molar-refractivity contribution in [2.45, 2.75) is 19.6 Å². The van der Waals surface area contributed by atoms with Crippen molar-refractivity contribution in [1.29, 1.82) is 0 Å². The molecule has 0 fully saturated rings. The molecule has 0 amide bonds. The van der Waals surface area contributed by atoms with Crippen LogP contribution in [0.4, 0.5) is 0 Å². The van der Waals surface area contributed by atoms with E-state index in [1.54, 1.807) is 0 Å². The fourth-order valence-electron chi connectivity index (χ4n) is 0.808. The highest BCUT2D eigenvalue weighted by molar-refractivity contribution is 4.86. The average Bonchev–Trinajstić information content (AvgIpc) is 1.91. The van der Waals surface area contributed by atoms with Gasteiger partial charge < -0.3 is 9.47 Å². The maximum Gasteiger partial charge on any atom is 0.161 e. The summed E-state index contributed by atoms with van der Waals surface area (Å²) in [6, 6.07) is 0. The lowest BCUT2D eigenvalue weighted by Gasteiger charge is -2.17. The molecule has 0 radical (unpaired) electrons. The first-order chi connectivity index (χ1) is 4.43. The van der Waals surface area contributed by atoms with Crippen LogP contribution in [0, 0.1) is 0 Å². The van der Waals surface area contributed by atoms with Crippen molar-refractivity contribution in [3.63, 3.8) is 0 Å². The van der Waals surface area contributed by atoms with E-state index < -0.39 is 0 Å². The molecule has 0 N–H and O–H groups in total. The Morgan fingerprint density at radius 3 is 3.11 bits per heavy atom. The van der Waals surface area contributed by atoms with E-state index in [1.165, 1.54) is 0 Å². The van der Waals surface area contributed by atoms with Crippen LogP contribution in [-0.2, 0) is 9.47 Å². The largest absolute Gasteiger partial charge is 0.353 e. The van der Waals surface area contributed by atoms with Gasteiger partial charge in [0.25, 0.3) is 0 Å². The molecule has 0 saturated heterocycles. The van der Waals surface area contributed by atoms with Crippen LogP contribution >= 0.6 is 0 Å². The molecule has 0 bridgehead atoms. The topological polar surface area (TPSA) is 18.5 Å². The predicted molar refractivity (Wildman–Crippen MR) is 35.1 cm³/mol. The fourth-order valence-corrected chi connectivity index (χ4v) is 0.808. The Hall–Kier alpha value is -0.340. The highest BCUT2D eigenvalue weighted by Crippen LogP contribution is 2.06. The summed E-state index contributed by atoms with van der Waals surface area (Å²) >= 11 is 0. The van der Waals surface area contributed by atoms with Gasteiger partial charge in [0.05, 0.1) is 6.61 Å². The Morgan fingerprint density at radius 1 is 1.67 bits per heavy atom. The number of ether oxygens (including phenoxy) is 2. The normalized spacial score (nSPS) is 26.6. The van der Waals surface area contributed by atoms with Crippen LogP contribution < -0.4 is 0 Å². The summed E-state index contributed by atoms with van der Waals surface area (Å²) in [6.45, 7) is 3.41. The number of hydrogen-bond donors (Lipinski definition) is 0. The summed E-state index contributed by atoms with van der Waals surface area (Å²) in [7, 11) is 0. The third-order valence-corrected chi connectivity index (χ3v) is 1.23. The molecule has 2 heteroatoms. The van der Waals surface area contributed by atoms with Crippen LogP contribution in [-0.4, -0.2) is 19.5 Å². The fraction of sp³-hybridized carbons (Fsp3) is 0.714. The summed E-state index contributed by atoms with van der Waals surface area (Å²) < 4.78 is 10.4. The summed E-state index contributed by atoms with van der Waals surface area (Å²) in [5.74, 6) is 0. The van der Waals surface area contributed by atoms with E-state index in [-0.39, 0.29) is 6.29 Å². The van der Waals surface area contributed by atoms with Gasteiger partial charge in [0.1, 0.15) is 0 Å². The van der Waals surface area contributed by atoms with E-state index in [0.717, 1.165) is 13.0 Å². The van der Waals surface area contributed by atoms with Crippen LogP contribution in [0.5, 0.6) is 0 Å². The molecule has 0 aromatic rings. The van der Waals surface area contributed by atoms with Crippen LogP contribution in [0.1, 0.15) is 13.3 Å². The van der Waals surface area contributed by atoms with E-state index in [9.17, 15) is 0 Å². The smallest absolute Gasteiger partial charge is 0.161 e. The molecular formula is C7H12O2. The maximum absolute atomic E-state index is 5.21. The van der Waals surface area contributed by atoms with Crippen LogP contribution in [0.3, 0.4) is 0 Å². The van der Waals surface area contributed by atoms with Crippen LogP contribution in [0.25, 0.3) is 0 Å². The molecule has 2 nitrogen and oxygen atoms in total. The van der Waals surface area contributed by atoms with Gasteiger partial charge in [0, 0.05) is 13.0 Å². The summed E-state index contributed by atoms with van der Waals surface area (Å²) in [4.78, 5) is 0. The standard InChI is InChI=1S/C7H12O2/c1-2-8-7-5-3-4-6-9-7/h3-4,7H,2,5-6H2,1H3. The van der Waals surface area contributed by atoms with Crippen molar-refractivity contribution in [3.8, 4) is 0 Å². The first-order valence-corrected chi connectivity index (χ1v) is 3.31. The van der Waals surface area contributed by atoms with Gasteiger partial charge in [0.2, 0.25) is 0 Å². The van der Waals surface area contributed by atoms with Crippen molar-refractivity contribution in [2.75, 3.05) is 13.2 Å². The van der Waals surface area contributed by atoms with Crippen molar-refractivity contribution < 1.29 is 9.47 Å². The lowest BCUT2D eigenvalue weighted by molar-refractivity contribution is -0.133. The van der Waals surface area contributed by atoms with Crippen molar-refractivity contribution in [1.82, 2.24) is 0 Å². The van der Waals surface area contributed by atoms with Gasteiger partial charge in [-0.15, -0.1) is 0 Å². The zero-order chi connectivity index (χ0) is 6.53. The second-order valence-corrected chi connectivity index (χ2v) is 1.93. The third-order valence-electron chi connectivity index (χ3n) is 1.23. The van der Waals surface area contributed by atoms with Gasteiger partial charge in [-0.05, 0) is 6.92 Å². The zero-order valence-corrected chi connectivity index (χ0v) is 5.67. The second-order valence-electron chi connectivity index (χ2n) is 1.93. The van der Waals surface area contributed by atoms with E-state index in [1.807, 2.05) is 13.0 Å². The van der Waals surface area contributed by atoms with E-state index in [0.29, 0.717) is 6.61 Å². The molecule has 0 spiro atoms. The Bertz CT molecular complexity index is 99.1. The van der Waals surface area contributed by atoms with Crippen molar-refractivity contribution >= 4 is 0 Å². The third kappa shape index (κ3) is 2.16. The average molecular weight is 128 g/mol. The van der Waals surface area contributed by atoms with E-state index in [4.69, 9.17) is 9.47 Å². The van der Waals surface area contributed by atoms with E-state index >= 15 is 0 Å². The molecule has 1 heterocycles. The number of hydrogen-bond acceptors (Lipinski definition) is 2. The highest BCUT2D eigenvalue weighted by Gasteiger charge is 2.07. The summed E-state index contributed by atoms with van der Waals surface area (Å²) in [6.07, 6.45) is 5.01. The first-order valence-electron chi connectivity index (χ1n) is 3.31. The molecule has 1 atom stereocenters. The highest BCUT2D eigenvalue weighted by atomic mass is 16.7. The lowest BCUT2D eigenvalue weighted by atomic mass is 10.3. The van der Waals surface area contributed by atoms with Gasteiger partial charge in [-0.2, -0.15) is 0 Å². The van der Waals surface area contributed by atoms with Gasteiger partial charge in [-0.1, -0.05) is 12.2 Å². The SMILES string of the molecule is CCOC1CC=CCO1. The summed E-state index contributed by atoms with van der Waals surface area (Å²) in [5, 5.41) is 0. The summed E-state index contributed by atoms with van der Waals surface area (Å²) in [5.41, 5.74) is 0. The Kier molecular flexibility index (Phi) is 2.74. The maximum atomic E-state index is 5.21. The van der Waals surface area contributed by atoms with Gasteiger partial charge in [0.15, 0.2) is 6.29 Å². The molecule has 0 saturated carbocycles. The van der Waals surface area contributed by atoms with Gasteiger partial charge >= 0.3 is 0 Å². The molecule has 0 aromatic carbocycles. The molecule has 1 aliphatic rings. The Morgan fingerprint density at radius 2 is 2.56 bits per heavy atom. The monoisotopic (exact) mass is 128 g/mol. The Balaban J connectivity index is 2.18. The van der Waals surface area contributed by atoms with Gasteiger partial charge in [-0.25, -0.2) is 0 Å². The molecule has 9 heavy (non-hydrogen) atoms. The number of rotatable bonds is 2. The first kappa shape index (κ1) is 6.78. The molecule has 0 aliphatic carbocycles. The molecule has 0 aromatic heterocycles. The quantitative estimate of drug-likeness (QED) is 0.522. The minimum atomic E-state index is 0.0139. The molecular weight excluding hydrogens is 116 g/mol. The van der Waals surface area contributed by atoms with E-state index in [2.05, 4.69) is 6.08 Å². The van der Waals surface area contributed by atoms with Crippen molar-refractivity contribution in [3.05, 3.63) is 12.2 Å². The Labute approximate surface area is 55.5 Å². The van der Waals surface area contributed by atoms with Crippen LogP contribution in [0.15, 0.2) is 12.2 Å².